The standard InChI is InChI=1S/C14H10ClNO4/c15-11-7-8(4-5-12(11)17)13(18)16-10-3-1-2-9(6-10)14(19)20/h1-7,17H,(H,16,18)(H,19,20). The van der Waals surface area contributed by atoms with Crippen molar-refractivity contribution in [3.63, 3.8) is 0 Å². The molecule has 1 amide bonds. The number of aromatic carboxylic acids is 1. The number of benzene rings is 2. The van der Waals surface area contributed by atoms with Gasteiger partial charge < -0.3 is 15.5 Å². The average molecular weight is 292 g/mol. The van der Waals surface area contributed by atoms with Crippen molar-refractivity contribution in [1.29, 1.82) is 0 Å². The molecular formula is C14H10ClNO4. The Kier molecular flexibility index (Phi) is 3.91. The predicted octanol–water partition coefficient (Wildman–Crippen LogP) is 3.00. The monoisotopic (exact) mass is 291 g/mol. The van der Waals surface area contributed by atoms with Crippen LogP contribution in [0.15, 0.2) is 42.5 Å². The van der Waals surface area contributed by atoms with E-state index in [1.54, 1.807) is 6.07 Å². The second-order valence-electron chi connectivity index (χ2n) is 4.01. The van der Waals surface area contributed by atoms with Crippen LogP contribution in [-0.2, 0) is 0 Å². The van der Waals surface area contributed by atoms with Crippen LogP contribution in [0.2, 0.25) is 5.02 Å². The molecule has 2 aromatic carbocycles. The van der Waals surface area contributed by atoms with E-state index in [1.165, 1.54) is 36.4 Å². The summed E-state index contributed by atoms with van der Waals surface area (Å²) in [7, 11) is 0. The molecular weight excluding hydrogens is 282 g/mol. The lowest BCUT2D eigenvalue weighted by atomic mass is 10.1. The van der Waals surface area contributed by atoms with E-state index < -0.39 is 11.9 Å². The summed E-state index contributed by atoms with van der Waals surface area (Å²) < 4.78 is 0. The lowest BCUT2D eigenvalue weighted by molar-refractivity contribution is 0.0696. The van der Waals surface area contributed by atoms with Crippen molar-refractivity contribution in [2.75, 3.05) is 5.32 Å². The third-order valence-corrected chi connectivity index (χ3v) is 2.88. The third kappa shape index (κ3) is 3.07. The number of carboxylic acid groups (broad SMARTS) is 1. The summed E-state index contributed by atoms with van der Waals surface area (Å²) in [6, 6.07) is 9.93. The maximum Gasteiger partial charge on any atom is 0.335 e. The minimum atomic E-state index is -1.08. The Bertz CT molecular complexity index is 685. The average Bonchev–Trinajstić information content (AvgIpc) is 2.42. The molecule has 0 bridgehead atoms. The molecule has 2 aromatic rings. The summed E-state index contributed by atoms with van der Waals surface area (Å²) in [5.74, 6) is -1.64. The molecule has 5 nitrogen and oxygen atoms in total. The molecule has 0 unspecified atom stereocenters. The molecule has 20 heavy (non-hydrogen) atoms. The van der Waals surface area contributed by atoms with E-state index in [0.29, 0.717) is 5.69 Å². The van der Waals surface area contributed by atoms with Crippen molar-refractivity contribution in [2.45, 2.75) is 0 Å². The fourth-order valence-electron chi connectivity index (χ4n) is 1.58. The van der Waals surface area contributed by atoms with Gasteiger partial charge in [0.05, 0.1) is 10.6 Å². The molecule has 0 atom stereocenters. The maximum absolute atomic E-state index is 12.0. The van der Waals surface area contributed by atoms with Crippen molar-refractivity contribution >= 4 is 29.2 Å². The predicted molar refractivity (Wildman–Crippen MR) is 74.5 cm³/mol. The van der Waals surface area contributed by atoms with Gasteiger partial charge in [0.15, 0.2) is 0 Å². The largest absolute Gasteiger partial charge is 0.506 e. The van der Waals surface area contributed by atoms with E-state index in [0.717, 1.165) is 0 Å². The first-order chi connectivity index (χ1) is 9.47. The van der Waals surface area contributed by atoms with E-state index in [4.69, 9.17) is 16.7 Å². The summed E-state index contributed by atoms with van der Waals surface area (Å²) in [4.78, 5) is 22.8. The van der Waals surface area contributed by atoms with E-state index in [1.807, 2.05) is 0 Å². The van der Waals surface area contributed by atoms with Crippen molar-refractivity contribution in [3.05, 3.63) is 58.6 Å². The zero-order valence-electron chi connectivity index (χ0n) is 10.1. The highest BCUT2D eigenvalue weighted by atomic mass is 35.5. The van der Waals surface area contributed by atoms with Crippen LogP contribution in [0.25, 0.3) is 0 Å². The summed E-state index contributed by atoms with van der Waals surface area (Å²) in [6.07, 6.45) is 0. The molecule has 0 spiro atoms. The molecule has 102 valence electrons. The summed E-state index contributed by atoms with van der Waals surface area (Å²) in [5.41, 5.74) is 0.694. The topological polar surface area (TPSA) is 86.6 Å². The molecule has 0 aliphatic heterocycles. The second-order valence-corrected chi connectivity index (χ2v) is 4.41. The Hall–Kier alpha value is -2.53. The van der Waals surface area contributed by atoms with Crippen LogP contribution >= 0.6 is 11.6 Å². The van der Waals surface area contributed by atoms with E-state index in [9.17, 15) is 14.7 Å². The summed E-state index contributed by atoms with van der Waals surface area (Å²) >= 11 is 5.72. The van der Waals surface area contributed by atoms with Gasteiger partial charge in [0.2, 0.25) is 0 Å². The van der Waals surface area contributed by atoms with Gasteiger partial charge >= 0.3 is 5.97 Å². The minimum absolute atomic E-state index is 0.0666. The number of aromatic hydroxyl groups is 1. The van der Waals surface area contributed by atoms with E-state index in [-0.39, 0.29) is 21.9 Å². The highest BCUT2D eigenvalue weighted by Crippen LogP contribution is 2.24. The normalized spacial score (nSPS) is 10.1. The number of hydrogen-bond donors (Lipinski definition) is 3. The van der Waals surface area contributed by atoms with Gasteiger partial charge in [-0.3, -0.25) is 4.79 Å². The zero-order chi connectivity index (χ0) is 14.7. The molecule has 0 saturated heterocycles. The Morgan fingerprint density at radius 2 is 1.80 bits per heavy atom. The summed E-state index contributed by atoms with van der Waals surface area (Å²) in [6.45, 7) is 0. The fraction of sp³-hybridized carbons (Fsp3) is 0. The molecule has 0 radical (unpaired) electrons. The number of phenolic OH excluding ortho intramolecular Hbond substituents is 1. The number of halogens is 1. The van der Waals surface area contributed by atoms with Gasteiger partial charge in [-0.2, -0.15) is 0 Å². The summed E-state index contributed by atoms with van der Waals surface area (Å²) in [5, 5.41) is 20.8. The minimum Gasteiger partial charge on any atom is -0.506 e. The molecule has 0 aliphatic rings. The number of phenols is 1. The van der Waals surface area contributed by atoms with Gasteiger partial charge in [0.1, 0.15) is 5.75 Å². The number of carbonyl (C=O) groups is 2. The SMILES string of the molecule is O=C(O)c1cccc(NC(=O)c2ccc(O)c(Cl)c2)c1. The van der Waals surface area contributed by atoms with Crippen LogP contribution in [0.4, 0.5) is 5.69 Å². The van der Waals surface area contributed by atoms with Gasteiger partial charge in [0, 0.05) is 11.3 Å². The molecule has 0 saturated carbocycles. The van der Waals surface area contributed by atoms with Crippen LogP contribution in [0, 0.1) is 0 Å². The van der Waals surface area contributed by atoms with Crippen LogP contribution < -0.4 is 5.32 Å². The Morgan fingerprint density at radius 3 is 2.45 bits per heavy atom. The molecule has 6 heteroatoms. The maximum atomic E-state index is 12.0. The third-order valence-electron chi connectivity index (χ3n) is 2.58. The number of carboxylic acids is 1. The van der Waals surface area contributed by atoms with Crippen molar-refractivity contribution in [3.8, 4) is 5.75 Å². The van der Waals surface area contributed by atoms with Crippen molar-refractivity contribution < 1.29 is 19.8 Å². The highest BCUT2D eigenvalue weighted by molar-refractivity contribution is 6.32. The van der Waals surface area contributed by atoms with Gasteiger partial charge in [-0.15, -0.1) is 0 Å². The molecule has 0 aromatic heterocycles. The second kappa shape index (κ2) is 5.63. The number of anilines is 1. The van der Waals surface area contributed by atoms with Crippen LogP contribution in [0.1, 0.15) is 20.7 Å². The van der Waals surface area contributed by atoms with E-state index >= 15 is 0 Å². The van der Waals surface area contributed by atoms with Crippen LogP contribution in [0.5, 0.6) is 5.75 Å². The Morgan fingerprint density at radius 1 is 1.05 bits per heavy atom. The van der Waals surface area contributed by atoms with Gasteiger partial charge in [-0.1, -0.05) is 17.7 Å². The first kappa shape index (κ1) is 13.9. The van der Waals surface area contributed by atoms with Gasteiger partial charge in [-0.25, -0.2) is 4.79 Å². The molecule has 0 aliphatic carbocycles. The molecule has 0 heterocycles. The molecule has 2 rings (SSSR count). The lowest BCUT2D eigenvalue weighted by Crippen LogP contribution is -2.12. The van der Waals surface area contributed by atoms with Crippen molar-refractivity contribution in [1.82, 2.24) is 0 Å². The lowest BCUT2D eigenvalue weighted by Gasteiger charge is -2.07. The van der Waals surface area contributed by atoms with Gasteiger partial charge in [-0.05, 0) is 36.4 Å². The molecule has 3 N–H and O–H groups in total. The number of rotatable bonds is 3. The van der Waals surface area contributed by atoms with Crippen LogP contribution in [0.3, 0.4) is 0 Å². The fourth-order valence-corrected chi connectivity index (χ4v) is 1.76. The first-order valence-electron chi connectivity index (χ1n) is 5.60. The van der Waals surface area contributed by atoms with Crippen molar-refractivity contribution in [2.24, 2.45) is 0 Å². The smallest absolute Gasteiger partial charge is 0.335 e. The highest BCUT2D eigenvalue weighted by Gasteiger charge is 2.10. The van der Waals surface area contributed by atoms with Gasteiger partial charge in [0.25, 0.3) is 5.91 Å². The van der Waals surface area contributed by atoms with Crippen LogP contribution in [-0.4, -0.2) is 22.1 Å². The quantitative estimate of drug-likeness (QED) is 0.811. The zero-order valence-corrected chi connectivity index (χ0v) is 10.9. The van der Waals surface area contributed by atoms with E-state index in [2.05, 4.69) is 5.32 Å². The Labute approximate surface area is 119 Å². The number of nitrogens with one attached hydrogen (secondary N) is 1. The first-order valence-corrected chi connectivity index (χ1v) is 5.98. The number of amides is 1. The number of carbonyl (C=O) groups excluding carboxylic acids is 1. The molecule has 0 fully saturated rings. The Balaban J connectivity index is 2.21. The number of hydrogen-bond acceptors (Lipinski definition) is 3.